The van der Waals surface area contributed by atoms with Gasteiger partial charge in [0, 0.05) is 5.69 Å². The molecule has 1 aliphatic rings. The third-order valence-electron chi connectivity index (χ3n) is 5.91. The smallest absolute Gasteiger partial charge is 0.241 e. The van der Waals surface area contributed by atoms with Gasteiger partial charge >= 0.3 is 0 Å². The molecule has 5 aromatic rings. The van der Waals surface area contributed by atoms with Crippen molar-refractivity contribution >= 4 is 54.7 Å². The minimum Gasteiger partial charge on any atom is -0.330 e. The summed E-state index contributed by atoms with van der Waals surface area (Å²) in [6, 6.07) is 30.1. The number of nitrogens with zero attached hydrogens (tertiary/aromatic N) is 2. The lowest BCUT2D eigenvalue weighted by Crippen LogP contribution is -2.29. The quantitative estimate of drug-likeness (QED) is 0.264. The molecule has 0 aliphatic heterocycles. The molecule has 1 heterocycles. The fourth-order valence-electron chi connectivity index (χ4n) is 4.39. The van der Waals surface area contributed by atoms with Gasteiger partial charge in [-0.1, -0.05) is 95.9 Å². The van der Waals surface area contributed by atoms with Gasteiger partial charge in [0.05, 0.1) is 16.2 Å². The Bertz CT molecular complexity index is 1600. The van der Waals surface area contributed by atoms with Crippen LogP contribution in [0.25, 0.3) is 10.8 Å². The number of para-hydroxylation sites is 1. The van der Waals surface area contributed by atoms with E-state index in [2.05, 4.69) is 38.4 Å². The summed E-state index contributed by atoms with van der Waals surface area (Å²) in [6.07, 6.45) is 0. The zero-order valence-electron chi connectivity index (χ0n) is 18.3. The second-order valence-corrected chi connectivity index (χ2v) is 12.2. The van der Waals surface area contributed by atoms with Crippen LogP contribution in [-0.4, -0.2) is 18.6 Å². The van der Waals surface area contributed by atoms with E-state index in [1.54, 1.807) is 30.3 Å². The molecule has 6 nitrogen and oxygen atoms in total. The Morgan fingerprint density at radius 1 is 0.771 bits per heavy atom. The number of thioether (sulfide) groups is 1. The summed E-state index contributed by atoms with van der Waals surface area (Å²) in [5.74, 6) is 0. The van der Waals surface area contributed by atoms with E-state index >= 15 is 0 Å². The standard InChI is InChI=1S/C26H20N4O2S3/c31-35(32,19-13-5-2-6-14-19)30-23-20-15-7-9-17-10-8-16-21(22(17)20)24(23)33-26-29-28-25(34-26)27-18-11-3-1-4-12-18/h1-16,23-24,30H,(H,27,28)/t23-,24-/m0/s1. The Morgan fingerprint density at radius 3 is 2.20 bits per heavy atom. The molecule has 4 aromatic carbocycles. The molecule has 35 heavy (non-hydrogen) atoms. The Labute approximate surface area is 211 Å². The normalized spacial score (nSPS) is 17.0. The van der Waals surface area contributed by atoms with Crippen molar-refractivity contribution in [3.63, 3.8) is 0 Å². The predicted octanol–water partition coefficient (Wildman–Crippen LogP) is 6.30. The van der Waals surface area contributed by atoms with Crippen molar-refractivity contribution in [3.8, 4) is 0 Å². The molecular formula is C26H20N4O2S3. The van der Waals surface area contributed by atoms with E-state index in [9.17, 15) is 8.42 Å². The van der Waals surface area contributed by atoms with Crippen LogP contribution in [0, 0.1) is 0 Å². The lowest BCUT2D eigenvalue weighted by molar-refractivity contribution is 0.557. The molecule has 0 fully saturated rings. The zero-order chi connectivity index (χ0) is 23.8. The predicted molar refractivity (Wildman–Crippen MR) is 142 cm³/mol. The Morgan fingerprint density at radius 2 is 1.46 bits per heavy atom. The Balaban J connectivity index is 1.35. The van der Waals surface area contributed by atoms with Crippen LogP contribution in [0.2, 0.25) is 0 Å². The van der Waals surface area contributed by atoms with Gasteiger partial charge in [0.15, 0.2) is 4.34 Å². The molecule has 0 saturated heterocycles. The average molecular weight is 517 g/mol. The van der Waals surface area contributed by atoms with Gasteiger partial charge in [-0.05, 0) is 46.2 Å². The molecule has 9 heteroatoms. The van der Waals surface area contributed by atoms with Crippen molar-refractivity contribution in [3.05, 3.63) is 108 Å². The van der Waals surface area contributed by atoms with E-state index in [4.69, 9.17) is 0 Å². The number of hydrogen-bond donors (Lipinski definition) is 2. The molecule has 0 saturated carbocycles. The molecule has 0 amide bonds. The number of nitrogens with one attached hydrogen (secondary N) is 2. The number of hydrogen-bond acceptors (Lipinski definition) is 7. The van der Waals surface area contributed by atoms with Gasteiger partial charge in [0.25, 0.3) is 0 Å². The molecule has 0 unspecified atom stereocenters. The van der Waals surface area contributed by atoms with Crippen LogP contribution in [0.4, 0.5) is 10.8 Å². The zero-order valence-corrected chi connectivity index (χ0v) is 20.8. The van der Waals surface area contributed by atoms with Gasteiger partial charge in [-0.3, -0.25) is 0 Å². The van der Waals surface area contributed by atoms with Crippen molar-refractivity contribution in [2.45, 2.75) is 20.5 Å². The van der Waals surface area contributed by atoms with E-state index in [1.807, 2.05) is 48.5 Å². The minimum atomic E-state index is -3.73. The first-order valence-corrected chi connectivity index (χ1v) is 14.2. The highest BCUT2D eigenvalue weighted by Gasteiger charge is 2.38. The number of aromatic nitrogens is 2. The van der Waals surface area contributed by atoms with Crippen LogP contribution in [-0.2, 0) is 10.0 Å². The third-order valence-corrected chi connectivity index (χ3v) is 9.60. The summed E-state index contributed by atoms with van der Waals surface area (Å²) in [5.41, 5.74) is 3.01. The van der Waals surface area contributed by atoms with E-state index < -0.39 is 16.1 Å². The Kier molecular flexibility index (Phi) is 5.77. The van der Waals surface area contributed by atoms with Crippen LogP contribution in [0.3, 0.4) is 0 Å². The van der Waals surface area contributed by atoms with Crippen molar-refractivity contribution < 1.29 is 8.42 Å². The lowest BCUT2D eigenvalue weighted by atomic mass is 10.1. The van der Waals surface area contributed by atoms with E-state index in [0.717, 1.165) is 31.9 Å². The molecule has 0 bridgehead atoms. The first-order valence-electron chi connectivity index (χ1n) is 11.0. The van der Waals surface area contributed by atoms with Crippen LogP contribution < -0.4 is 10.0 Å². The summed E-state index contributed by atoms with van der Waals surface area (Å²) >= 11 is 2.99. The second kappa shape index (κ2) is 9.09. The highest BCUT2D eigenvalue weighted by atomic mass is 32.2. The third kappa shape index (κ3) is 4.32. The van der Waals surface area contributed by atoms with Crippen molar-refractivity contribution in [2.75, 3.05) is 5.32 Å². The van der Waals surface area contributed by atoms with Crippen LogP contribution in [0.15, 0.2) is 106 Å². The molecule has 6 rings (SSSR count). The van der Waals surface area contributed by atoms with E-state index in [-0.39, 0.29) is 10.1 Å². The molecule has 1 aliphatic carbocycles. The number of sulfonamides is 1. The van der Waals surface area contributed by atoms with E-state index in [1.165, 1.54) is 23.1 Å². The van der Waals surface area contributed by atoms with Crippen LogP contribution in [0.1, 0.15) is 22.4 Å². The number of anilines is 2. The first-order chi connectivity index (χ1) is 17.1. The fourth-order valence-corrected chi connectivity index (χ4v) is 7.94. The van der Waals surface area contributed by atoms with Gasteiger partial charge in [-0.15, -0.1) is 10.2 Å². The highest BCUT2D eigenvalue weighted by Crippen LogP contribution is 2.54. The largest absolute Gasteiger partial charge is 0.330 e. The van der Waals surface area contributed by atoms with Gasteiger partial charge < -0.3 is 5.32 Å². The molecule has 2 N–H and O–H groups in total. The molecule has 1 aromatic heterocycles. The van der Waals surface area contributed by atoms with Crippen LogP contribution >= 0.6 is 23.1 Å². The lowest BCUT2D eigenvalue weighted by Gasteiger charge is -2.22. The average Bonchev–Trinajstić information content (AvgIpc) is 3.44. The van der Waals surface area contributed by atoms with Crippen LogP contribution in [0.5, 0.6) is 0 Å². The number of benzene rings is 4. The molecule has 174 valence electrons. The summed E-state index contributed by atoms with van der Waals surface area (Å²) in [5, 5.41) is 14.6. The SMILES string of the molecule is O=S(=O)(N[C@H]1c2cccc3cccc(c23)[C@@H]1Sc1nnc(Nc2ccccc2)s1)c1ccccc1. The summed E-state index contributed by atoms with van der Waals surface area (Å²) in [7, 11) is -3.73. The van der Waals surface area contributed by atoms with E-state index in [0.29, 0.717) is 5.13 Å². The molecular weight excluding hydrogens is 497 g/mol. The highest BCUT2D eigenvalue weighted by molar-refractivity contribution is 8.01. The second-order valence-electron chi connectivity index (χ2n) is 8.11. The molecule has 0 radical (unpaired) electrons. The summed E-state index contributed by atoms with van der Waals surface area (Å²) in [4.78, 5) is 0.247. The van der Waals surface area contributed by atoms with Gasteiger partial charge in [0.1, 0.15) is 0 Å². The maximum Gasteiger partial charge on any atom is 0.241 e. The maximum atomic E-state index is 13.3. The monoisotopic (exact) mass is 516 g/mol. The molecule has 0 spiro atoms. The summed E-state index contributed by atoms with van der Waals surface area (Å²) in [6.45, 7) is 0. The topological polar surface area (TPSA) is 84.0 Å². The molecule has 2 atom stereocenters. The van der Waals surface area contributed by atoms with Crippen molar-refractivity contribution in [1.82, 2.24) is 14.9 Å². The van der Waals surface area contributed by atoms with Gasteiger partial charge in [-0.25, -0.2) is 13.1 Å². The number of rotatable bonds is 7. The van der Waals surface area contributed by atoms with Gasteiger partial charge in [0.2, 0.25) is 15.2 Å². The maximum absolute atomic E-state index is 13.3. The van der Waals surface area contributed by atoms with Crippen molar-refractivity contribution in [2.24, 2.45) is 0 Å². The fraction of sp³-hybridized carbons (Fsp3) is 0.0769. The first kappa shape index (κ1) is 22.2. The Hall–Kier alpha value is -3.24. The van der Waals surface area contributed by atoms with Crippen molar-refractivity contribution in [1.29, 1.82) is 0 Å². The summed E-state index contributed by atoms with van der Waals surface area (Å²) < 4.78 is 30.4. The van der Waals surface area contributed by atoms with Gasteiger partial charge in [-0.2, -0.15) is 0 Å². The minimum absolute atomic E-state index is 0.188.